The number of anilines is 1. The maximum Gasteiger partial charge on any atom is 0.262 e. The minimum absolute atomic E-state index is 0.0709. The average molecular weight is 480 g/mol. The predicted octanol–water partition coefficient (Wildman–Crippen LogP) is 5.99. The van der Waals surface area contributed by atoms with Gasteiger partial charge < -0.3 is 10.1 Å². The first-order chi connectivity index (χ1) is 15.9. The van der Waals surface area contributed by atoms with Crippen LogP contribution in [-0.2, 0) is 15.6 Å². The van der Waals surface area contributed by atoms with Crippen LogP contribution in [0, 0.1) is 0 Å². The first kappa shape index (κ1) is 23.8. The lowest BCUT2D eigenvalue weighted by Crippen LogP contribution is -2.20. The van der Waals surface area contributed by atoms with E-state index >= 15 is 0 Å². The highest BCUT2D eigenvalue weighted by Gasteiger charge is 2.24. The Bertz CT molecular complexity index is 1310. The number of hydrogen-bond donors (Lipinski definition) is 2. The molecule has 1 amide bonds. The summed E-state index contributed by atoms with van der Waals surface area (Å²) in [6.45, 7) is 12.6. The van der Waals surface area contributed by atoms with Crippen molar-refractivity contribution in [2.75, 3.05) is 11.9 Å². The third kappa shape index (κ3) is 5.09. The number of ether oxygens (including phenoxy) is 1. The lowest BCUT2D eigenvalue weighted by molar-refractivity contribution is -0.118. The minimum atomic E-state index is -0.234. The second kappa shape index (κ2) is 8.80. The number of aromatic nitrogens is 4. The van der Waals surface area contributed by atoms with Crippen molar-refractivity contribution in [1.29, 1.82) is 0 Å². The van der Waals surface area contributed by atoms with E-state index < -0.39 is 0 Å². The molecule has 2 aromatic heterocycles. The molecule has 0 fully saturated rings. The molecule has 0 radical (unpaired) electrons. The minimum Gasteiger partial charge on any atom is -0.484 e. The number of carbonyl (C=O) groups excluding carboxylic acids is 1. The molecule has 8 heteroatoms. The van der Waals surface area contributed by atoms with Crippen LogP contribution < -0.4 is 10.1 Å². The second-order valence-corrected chi connectivity index (χ2v) is 10.8. The van der Waals surface area contributed by atoms with Crippen LogP contribution in [0.3, 0.4) is 0 Å². The molecule has 7 nitrogen and oxygen atoms in total. The molecule has 178 valence electrons. The van der Waals surface area contributed by atoms with Gasteiger partial charge in [-0.15, -0.1) is 5.10 Å². The molecule has 0 saturated carbocycles. The summed E-state index contributed by atoms with van der Waals surface area (Å²) < 4.78 is 7.22. The fraction of sp³-hybridized carbons (Fsp3) is 0.346. The van der Waals surface area contributed by atoms with Crippen LogP contribution in [0.15, 0.2) is 48.5 Å². The molecule has 0 aliphatic heterocycles. The van der Waals surface area contributed by atoms with E-state index in [-0.39, 0.29) is 23.3 Å². The SMILES string of the molecule is CC(C)(C)c1ccc(OCC(=O)Nc2ccc(-c3nc4c(Cl)c(C(C)(C)C)[nH]n4n3)cc2)cc1. The van der Waals surface area contributed by atoms with Crippen molar-refractivity contribution >= 4 is 28.8 Å². The molecule has 4 rings (SSSR count). The summed E-state index contributed by atoms with van der Waals surface area (Å²) in [6.07, 6.45) is 0. The average Bonchev–Trinajstić information content (AvgIpc) is 3.32. The summed E-state index contributed by atoms with van der Waals surface area (Å²) >= 11 is 6.51. The molecule has 34 heavy (non-hydrogen) atoms. The first-order valence-corrected chi connectivity index (χ1v) is 11.6. The zero-order chi connectivity index (χ0) is 24.7. The normalized spacial score (nSPS) is 12.2. The van der Waals surface area contributed by atoms with Gasteiger partial charge in [-0.25, -0.2) is 4.98 Å². The van der Waals surface area contributed by atoms with Crippen LogP contribution in [0.25, 0.3) is 17.0 Å². The largest absolute Gasteiger partial charge is 0.484 e. The fourth-order valence-corrected chi connectivity index (χ4v) is 3.97. The molecule has 2 N–H and O–H groups in total. The lowest BCUT2D eigenvalue weighted by Gasteiger charge is -2.19. The summed E-state index contributed by atoms with van der Waals surface area (Å²) in [6, 6.07) is 15.1. The number of benzene rings is 2. The smallest absolute Gasteiger partial charge is 0.262 e. The summed E-state index contributed by atoms with van der Waals surface area (Å²) in [5, 5.41) is 11.1. The van der Waals surface area contributed by atoms with E-state index in [1.165, 1.54) is 5.56 Å². The van der Waals surface area contributed by atoms with Crippen molar-refractivity contribution in [2.24, 2.45) is 0 Å². The molecule has 0 aliphatic carbocycles. The van der Waals surface area contributed by atoms with Gasteiger partial charge in [0.25, 0.3) is 5.91 Å². The standard InChI is InChI=1S/C26H30ClN5O2/c1-25(2,3)17-9-13-19(14-10-17)34-15-20(33)28-18-11-7-16(8-12-18)23-29-24-21(27)22(26(4,5)6)30-32(24)31-23/h7-14,30H,15H2,1-6H3,(H,28,33). The second-order valence-electron chi connectivity index (χ2n) is 10.4. The van der Waals surface area contributed by atoms with Crippen molar-refractivity contribution in [2.45, 2.75) is 52.4 Å². The van der Waals surface area contributed by atoms with Crippen LogP contribution in [-0.4, -0.2) is 32.3 Å². The van der Waals surface area contributed by atoms with E-state index in [1.54, 1.807) is 4.63 Å². The van der Waals surface area contributed by atoms with Gasteiger partial charge in [0.05, 0.1) is 5.69 Å². The summed E-state index contributed by atoms with van der Waals surface area (Å²) in [5.74, 6) is 0.976. The van der Waals surface area contributed by atoms with Crippen molar-refractivity contribution in [1.82, 2.24) is 19.8 Å². The maximum atomic E-state index is 12.3. The van der Waals surface area contributed by atoms with Gasteiger partial charge in [-0.2, -0.15) is 4.63 Å². The van der Waals surface area contributed by atoms with Gasteiger partial charge >= 0.3 is 0 Å². The molecular formula is C26H30ClN5O2. The van der Waals surface area contributed by atoms with E-state index in [4.69, 9.17) is 16.3 Å². The number of rotatable bonds is 5. The van der Waals surface area contributed by atoms with Crippen LogP contribution in [0.5, 0.6) is 5.75 Å². The number of nitrogens with zero attached hydrogens (tertiary/aromatic N) is 3. The highest BCUT2D eigenvalue weighted by atomic mass is 35.5. The summed E-state index contributed by atoms with van der Waals surface area (Å²) in [4.78, 5) is 16.9. The predicted molar refractivity (Wildman–Crippen MR) is 136 cm³/mol. The molecule has 0 spiro atoms. The van der Waals surface area contributed by atoms with E-state index in [2.05, 4.69) is 62.0 Å². The number of H-pyrrole nitrogens is 1. The maximum absolute atomic E-state index is 12.3. The van der Waals surface area contributed by atoms with Gasteiger partial charge in [-0.3, -0.25) is 9.89 Å². The van der Waals surface area contributed by atoms with E-state index in [0.29, 0.717) is 27.9 Å². The fourth-order valence-electron chi connectivity index (χ4n) is 3.52. The van der Waals surface area contributed by atoms with Crippen LogP contribution in [0.4, 0.5) is 5.69 Å². The van der Waals surface area contributed by atoms with Gasteiger partial charge in [0.1, 0.15) is 10.8 Å². The van der Waals surface area contributed by atoms with E-state index in [1.807, 2.05) is 48.5 Å². The Morgan fingerprint density at radius 2 is 1.65 bits per heavy atom. The molecule has 0 unspecified atom stereocenters. The number of hydrogen-bond acceptors (Lipinski definition) is 4. The van der Waals surface area contributed by atoms with Gasteiger partial charge in [0.2, 0.25) is 0 Å². The number of aromatic amines is 1. The van der Waals surface area contributed by atoms with Crippen molar-refractivity contribution < 1.29 is 9.53 Å². The van der Waals surface area contributed by atoms with Crippen LogP contribution in [0.2, 0.25) is 5.02 Å². The highest BCUT2D eigenvalue weighted by molar-refractivity contribution is 6.34. The van der Waals surface area contributed by atoms with Gasteiger partial charge in [-0.1, -0.05) is 65.3 Å². The number of carbonyl (C=O) groups is 1. The Hall–Kier alpha value is -3.32. The number of nitrogens with one attached hydrogen (secondary N) is 2. The summed E-state index contributed by atoms with van der Waals surface area (Å²) in [5.41, 5.74) is 4.11. The molecule has 2 aromatic carbocycles. The molecule has 0 bridgehead atoms. The quantitative estimate of drug-likeness (QED) is 0.368. The Kier molecular flexibility index (Phi) is 6.16. The monoisotopic (exact) mass is 479 g/mol. The summed E-state index contributed by atoms with van der Waals surface area (Å²) in [7, 11) is 0. The molecular weight excluding hydrogens is 450 g/mol. The highest BCUT2D eigenvalue weighted by Crippen LogP contribution is 2.32. The van der Waals surface area contributed by atoms with Crippen molar-refractivity contribution in [3.05, 3.63) is 64.8 Å². The lowest BCUT2D eigenvalue weighted by atomic mass is 9.87. The Morgan fingerprint density at radius 3 is 2.21 bits per heavy atom. The zero-order valence-corrected chi connectivity index (χ0v) is 21.1. The number of fused-ring (bicyclic) bond motifs is 1. The van der Waals surface area contributed by atoms with Gasteiger partial charge in [0, 0.05) is 16.7 Å². The third-order valence-electron chi connectivity index (χ3n) is 5.51. The van der Waals surface area contributed by atoms with Gasteiger partial charge in [-0.05, 0) is 47.4 Å². The zero-order valence-electron chi connectivity index (χ0n) is 20.4. The number of amides is 1. The third-order valence-corrected chi connectivity index (χ3v) is 5.87. The van der Waals surface area contributed by atoms with E-state index in [9.17, 15) is 4.79 Å². The Balaban J connectivity index is 1.37. The number of halogens is 1. The van der Waals surface area contributed by atoms with E-state index in [0.717, 1.165) is 11.3 Å². The topological polar surface area (TPSA) is 84.3 Å². The molecule has 2 heterocycles. The van der Waals surface area contributed by atoms with Crippen molar-refractivity contribution in [3.63, 3.8) is 0 Å². The Labute approximate surface area is 204 Å². The van der Waals surface area contributed by atoms with Crippen LogP contribution >= 0.6 is 11.6 Å². The van der Waals surface area contributed by atoms with Crippen molar-refractivity contribution in [3.8, 4) is 17.1 Å². The molecule has 4 aromatic rings. The van der Waals surface area contributed by atoms with Gasteiger partial charge in [0.15, 0.2) is 18.1 Å². The Morgan fingerprint density at radius 1 is 1.00 bits per heavy atom. The molecule has 0 aliphatic rings. The molecule has 0 atom stereocenters. The van der Waals surface area contributed by atoms with Crippen LogP contribution in [0.1, 0.15) is 52.8 Å². The molecule has 0 saturated heterocycles. The first-order valence-electron chi connectivity index (χ1n) is 11.2.